The number of ketones is 1. The fraction of sp³-hybridized carbons (Fsp3) is 0.844. The van der Waals surface area contributed by atoms with E-state index in [1.807, 2.05) is 25.7 Å². The number of carbonyl (C=O) groups is 3. The molecule has 1 N–H and O–H groups in total. The molecule has 8 heteroatoms. The van der Waals surface area contributed by atoms with Gasteiger partial charge < -0.3 is 19.5 Å². The number of hydrogen-bond acceptors (Lipinski definition) is 7. The van der Waals surface area contributed by atoms with Gasteiger partial charge >= 0.3 is 12.1 Å². The highest BCUT2D eigenvalue weighted by Crippen LogP contribution is 2.58. The number of piperidine rings is 1. The fourth-order valence-electron chi connectivity index (χ4n) is 7.84. The zero-order valence-corrected chi connectivity index (χ0v) is 25.1. The zero-order chi connectivity index (χ0) is 28.9. The molecule has 0 aromatic rings. The lowest BCUT2D eigenvalue weighted by atomic mass is 9.56. The first-order valence-electron chi connectivity index (χ1n) is 15.6. The topological polar surface area (TPSA) is 96.4 Å². The SMILES string of the molecule is CCOC(=O)CCCC#CCC[C@@H]1C(=O)C[C@@H]2CCN(C(=O)OC(C)(C)C)C[C@@]23C[C@H]2[C@@H](O)CCCCCN2[C@@H]13. The maximum Gasteiger partial charge on any atom is 0.410 e. The van der Waals surface area contributed by atoms with Crippen LogP contribution >= 0.6 is 0 Å². The summed E-state index contributed by atoms with van der Waals surface area (Å²) in [4.78, 5) is 42.8. The molecular weight excluding hydrogens is 508 g/mol. The van der Waals surface area contributed by atoms with Crippen LogP contribution in [-0.4, -0.2) is 82.8 Å². The number of esters is 1. The van der Waals surface area contributed by atoms with Crippen molar-refractivity contribution in [1.82, 2.24) is 9.80 Å². The van der Waals surface area contributed by atoms with E-state index in [9.17, 15) is 19.5 Å². The highest BCUT2D eigenvalue weighted by molar-refractivity contribution is 5.84. The van der Waals surface area contributed by atoms with Crippen molar-refractivity contribution in [3.63, 3.8) is 0 Å². The number of amides is 1. The van der Waals surface area contributed by atoms with Crippen molar-refractivity contribution in [1.29, 1.82) is 0 Å². The maximum atomic E-state index is 13.7. The molecule has 4 rings (SSSR count). The van der Waals surface area contributed by atoms with E-state index in [1.54, 1.807) is 6.92 Å². The van der Waals surface area contributed by atoms with Crippen LogP contribution in [0.4, 0.5) is 4.79 Å². The number of nitrogens with zero attached hydrogens (tertiary/aromatic N) is 2. The van der Waals surface area contributed by atoms with Gasteiger partial charge in [-0.1, -0.05) is 12.8 Å². The number of ether oxygens (including phenoxy) is 2. The summed E-state index contributed by atoms with van der Waals surface area (Å²) in [6, 6.07) is 0.0288. The van der Waals surface area contributed by atoms with Gasteiger partial charge in [0.15, 0.2) is 0 Å². The van der Waals surface area contributed by atoms with Crippen molar-refractivity contribution in [3.8, 4) is 11.8 Å². The molecule has 0 unspecified atom stereocenters. The first kappa shape index (κ1) is 30.8. The lowest BCUT2D eigenvalue weighted by Gasteiger charge is -2.55. The number of likely N-dealkylation sites (tertiary alicyclic amines) is 1. The molecule has 0 radical (unpaired) electrons. The molecular formula is C32H50N2O6. The third-order valence-corrected chi connectivity index (χ3v) is 9.45. The molecule has 4 aliphatic rings. The second kappa shape index (κ2) is 13.2. The Kier molecular flexibility index (Phi) is 10.2. The van der Waals surface area contributed by atoms with Crippen molar-refractivity contribution >= 4 is 17.8 Å². The summed E-state index contributed by atoms with van der Waals surface area (Å²) in [5.74, 6) is 6.64. The lowest BCUT2D eigenvalue weighted by molar-refractivity contribution is -0.143. The van der Waals surface area contributed by atoms with Gasteiger partial charge in [-0.05, 0) is 78.7 Å². The highest BCUT2D eigenvalue weighted by atomic mass is 16.6. The Balaban J connectivity index is 1.53. The van der Waals surface area contributed by atoms with E-state index in [4.69, 9.17) is 9.47 Å². The van der Waals surface area contributed by atoms with Crippen LogP contribution in [0.15, 0.2) is 0 Å². The van der Waals surface area contributed by atoms with Crippen LogP contribution in [0.3, 0.4) is 0 Å². The number of hydrogen-bond donors (Lipinski definition) is 1. The molecule has 8 nitrogen and oxygen atoms in total. The fourth-order valence-corrected chi connectivity index (χ4v) is 7.84. The Morgan fingerprint density at radius 1 is 1.10 bits per heavy atom. The Bertz CT molecular complexity index is 980. The molecule has 1 amide bonds. The molecule has 3 heterocycles. The summed E-state index contributed by atoms with van der Waals surface area (Å²) in [6.07, 6.45) is 8.47. The number of fused-ring (bicyclic) bond motifs is 2. The monoisotopic (exact) mass is 558 g/mol. The van der Waals surface area contributed by atoms with Crippen molar-refractivity contribution < 1.29 is 29.0 Å². The van der Waals surface area contributed by atoms with Gasteiger partial charge in [0.2, 0.25) is 0 Å². The van der Waals surface area contributed by atoms with E-state index in [0.29, 0.717) is 64.0 Å². The summed E-state index contributed by atoms with van der Waals surface area (Å²) in [7, 11) is 0. The van der Waals surface area contributed by atoms with Gasteiger partial charge in [-0.25, -0.2) is 4.79 Å². The third kappa shape index (κ3) is 7.02. The molecule has 0 aromatic carbocycles. The van der Waals surface area contributed by atoms with E-state index in [-0.39, 0.29) is 41.4 Å². The van der Waals surface area contributed by atoms with Gasteiger partial charge in [-0.2, -0.15) is 0 Å². The van der Waals surface area contributed by atoms with E-state index in [1.165, 1.54) is 0 Å². The number of unbranched alkanes of at least 4 members (excludes halogenated alkanes) is 1. The number of Topliss-reactive ketones (excluding diaryl/α,β-unsaturated/α-hetero) is 1. The predicted octanol–water partition coefficient (Wildman–Crippen LogP) is 4.71. The number of carbonyl (C=O) groups excluding carboxylic acids is 3. The number of rotatable bonds is 6. The van der Waals surface area contributed by atoms with Crippen molar-refractivity contribution in [2.75, 3.05) is 26.2 Å². The Morgan fingerprint density at radius 3 is 2.62 bits per heavy atom. The van der Waals surface area contributed by atoms with Gasteiger partial charge in [0, 0.05) is 62.2 Å². The molecule has 1 saturated carbocycles. The molecule has 3 saturated heterocycles. The highest BCUT2D eigenvalue weighted by Gasteiger charge is 2.64. The van der Waals surface area contributed by atoms with Crippen LogP contribution in [0.5, 0.6) is 0 Å². The van der Waals surface area contributed by atoms with Gasteiger partial charge in [-0.3, -0.25) is 14.5 Å². The summed E-state index contributed by atoms with van der Waals surface area (Å²) < 4.78 is 10.8. The Hall–Kier alpha value is -2.11. The van der Waals surface area contributed by atoms with Crippen LogP contribution in [0.25, 0.3) is 0 Å². The lowest BCUT2D eigenvalue weighted by Crippen LogP contribution is -2.63. The third-order valence-electron chi connectivity index (χ3n) is 9.45. The number of aliphatic hydroxyl groups excluding tert-OH is 1. The van der Waals surface area contributed by atoms with Gasteiger partial charge in [0.05, 0.1) is 12.7 Å². The normalized spacial score (nSPS) is 32.5. The van der Waals surface area contributed by atoms with Crippen LogP contribution in [0, 0.1) is 29.1 Å². The minimum Gasteiger partial charge on any atom is -0.466 e. The van der Waals surface area contributed by atoms with E-state index < -0.39 is 11.7 Å². The minimum absolute atomic E-state index is 0.00681. The predicted molar refractivity (Wildman–Crippen MR) is 152 cm³/mol. The molecule has 224 valence electrons. The molecule has 40 heavy (non-hydrogen) atoms. The van der Waals surface area contributed by atoms with Crippen LogP contribution in [0.2, 0.25) is 0 Å². The van der Waals surface area contributed by atoms with Crippen molar-refractivity contribution in [2.45, 2.75) is 129 Å². The first-order chi connectivity index (χ1) is 19.1. The molecule has 1 aliphatic carbocycles. The van der Waals surface area contributed by atoms with Crippen LogP contribution in [-0.2, 0) is 19.1 Å². The molecule has 0 aromatic heterocycles. The maximum absolute atomic E-state index is 13.7. The van der Waals surface area contributed by atoms with Crippen molar-refractivity contribution in [3.05, 3.63) is 0 Å². The minimum atomic E-state index is -0.565. The summed E-state index contributed by atoms with van der Waals surface area (Å²) in [5, 5.41) is 11.3. The summed E-state index contributed by atoms with van der Waals surface area (Å²) in [5.41, 5.74) is -0.791. The van der Waals surface area contributed by atoms with Gasteiger partial charge in [0.25, 0.3) is 0 Å². The average molecular weight is 559 g/mol. The molecule has 1 spiro atoms. The van der Waals surface area contributed by atoms with Crippen molar-refractivity contribution in [2.24, 2.45) is 17.3 Å². The molecule has 6 atom stereocenters. The van der Waals surface area contributed by atoms with Crippen LogP contribution < -0.4 is 0 Å². The van der Waals surface area contributed by atoms with Crippen LogP contribution in [0.1, 0.15) is 105 Å². The zero-order valence-electron chi connectivity index (χ0n) is 25.1. The average Bonchev–Trinajstić information content (AvgIpc) is 3.19. The second-order valence-corrected chi connectivity index (χ2v) is 13.3. The standard InChI is InChI=1S/C32H50N2O6/c1-5-39-28(37)16-12-8-6-7-10-14-24-27(36)20-23-17-19-33(30(38)40-31(2,3)4)22-32(23)21-25-26(35)15-11-9-13-18-34(25)29(24)32/h23-26,29,35H,5,8-22H2,1-4H3/t23-,24+,25-,26-,29-,32-/m0/s1. The van der Waals surface area contributed by atoms with E-state index >= 15 is 0 Å². The molecule has 0 bridgehead atoms. The Morgan fingerprint density at radius 2 is 1.88 bits per heavy atom. The Labute approximate surface area is 240 Å². The van der Waals surface area contributed by atoms with E-state index in [2.05, 4.69) is 16.7 Å². The second-order valence-electron chi connectivity index (χ2n) is 13.3. The summed E-state index contributed by atoms with van der Waals surface area (Å²) in [6.45, 7) is 9.96. The largest absolute Gasteiger partial charge is 0.466 e. The first-order valence-corrected chi connectivity index (χ1v) is 15.6. The van der Waals surface area contributed by atoms with Gasteiger partial charge in [0.1, 0.15) is 11.4 Å². The molecule has 4 fully saturated rings. The van der Waals surface area contributed by atoms with Gasteiger partial charge in [-0.15, -0.1) is 11.8 Å². The molecule has 3 aliphatic heterocycles. The number of aliphatic hydroxyl groups is 1. The quantitative estimate of drug-likeness (QED) is 0.286. The summed E-state index contributed by atoms with van der Waals surface area (Å²) >= 11 is 0. The smallest absolute Gasteiger partial charge is 0.410 e. The van der Waals surface area contributed by atoms with E-state index in [0.717, 1.165) is 45.1 Å².